The molecule has 3 nitrogen and oxygen atoms in total. The van der Waals surface area contributed by atoms with E-state index in [0.717, 1.165) is 12.0 Å². The van der Waals surface area contributed by atoms with E-state index in [2.05, 4.69) is 0 Å². The van der Waals surface area contributed by atoms with Crippen LogP contribution in [0.15, 0.2) is 29.2 Å². The minimum atomic E-state index is -3.57. The predicted molar refractivity (Wildman–Crippen MR) is 63.9 cm³/mol. The summed E-state index contributed by atoms with van der Waals surface area (Å²) in [6, 6.07) is 6.55. The van der Waals surface area contributed by atoms with Crippen molar-refractivity contribution < 1.29 is 13.5 Å². The second kappa shape index (κ2) is 5.46. The van der Waals surface area contributed by atoms with E-state index >= 15 is 0 Å². The molecule has 16 heavy (non-hydrogen) atoms. The van der Waals surface area contributed by atoms with Crippen LogP contribution in [-0.2, 0) is 9.84 Å². The second-order valence-electron chi connectivity index (χ2n) is 3.95. The van der Waals surface area contributed by atoms with E-state index in [1.807, 2.05) is 13.8 Å². The van der Waals surface area contributed by atoms with E-state index in [1.165, 1.54) is 0 Å². The van der Waals surface area contributed by atoms with E-state index in [-0.39, 0.29) is 4.90 Å². The van der Waals surface area contributed by atoms with Crippen LogP contribution in [0.4, 0.5) is 0 Å². The van der Waals surface area contributed by atoms with Gasteiger partial charge in [0, 0.05) is 0 Å². The minimum absolute atomic E-state index is 0.196. The van der Waals surface area contributed by atoms with E-state index in [1.54, 1.807) is 24.3 Å². The first-order chi connectivity index (χ1) is 7.48. The van der Waals surface area contributed by atoms with Crippen molar-refractivity contribution in [2.75, 3.05) is 0 Å². The number of aliphatic hydroxyl groups excluding tert-OH is 1. The lowest BCUT2D eigenvalue weighted by atomic mass is 10.2. The lowest BCUT2D eigenvalue weighted by Gasteiger charge is -2.11. The Hall–Kier alpha value is -0.870. The Morgan fingerprint density at radius 1 is 1.25 bits per heavy atom. The standard InChI is InChI=1S/C12H18O3S/c1-3-4-5-12(13)16(14,15)11-8-6-10(2)7-9-11/h6-9,12-13H,3-5H2,1-2H3. The number of sulfone groups is 1. The first-order valence-corrected chi connectivity index (χ1v) is 7.01. The Balaban J connectivity index is 2.89. The maximum absolute atomic E-state index is 11.9. The average molecular weight is 242 g/mol. The molecule has 0 amide bonds. The van der Waals surface area contributed by atoms with Crippen LogP contribution in [0.5, 0.6) is 0 Å². The van der Waals surface area contributed by atoms with Crippen molar-refractivity contribution >= 4 is 9.84 Å². The lowest BCUT2D eigenvalue weighted by molar-refractivity contribution is 0.234. The molecule has 0 spiro atoms. The Bertz CT molecular complexity index is 420. The van der Waals surface area contributed by atoms with Gasteiger partial charge in [-0.15, -0.1) is 0 Å². The highest BCUT2D eigenvalue weighted by molar-refractivity contribution is 7.91. The summed E-state index contributed by atoms with van der Waals surface area (Å²) in [6.07, 6.45) is 1.89. The van der Waals surface area contributed by atoms with Crippen molar-refractivity contribution in [2.45, 2.75) is 43.4 Å². The molecular weight excluding hydrogens is 224 g/mol. The summed E-state index contributed by atoms with van der Waals surface area (Å²) >= 11 is 0. The SMILES string of the molecule is CCCCC(O)S(=O)(=O)c1ccc(C)cc1. The molecule has 0 aliphatic rings. The van der Waals surface area contributed by atoms with Gasteiger partial charge < -0.3 is 5.11 Å². The van der Waals surface area contributed by atoms with Crippen molar-refractivity contribution in [2.24, 2.45) is 0 Å². The summed E-state index contributed by atoms with van der Waals surface area (Å²) in [5, 5.41) is 9.64. The zero-order valence-corrected chi connectivity index (χ0v) is 10.5. The van der Waals surface area contributed by atoms with Crippen LogP contribution < -0.4 is 0 Å². The van der Waals surface area contributed by atoms with Gasteiger partial charge in [0.15, 0.2) is 5.44 Å². The second-order valence-corrected chi connectivity index (χ2v) is 6.06. The molecule has 0 saturated heterocycles. The molecule has 0 fully saturated rings. The molecule has 0 bridgehead atoms. The summed E-state index contributed by atoms with van der Waals surface area (Å²) in [7, 11) is -3.57. The third-order valence-electron chi connectivity index (χ3n) is 2.51. The average Bonchev–Trinajstić information content (AvgIpc) is 2.26. The predicted octanol–water partition coefficient (Wildman–Crippen LogP) is 2.28. The number of aryl methyl sites for hydroxylation is 1. The Morgan fingerprint density at radius 2 is 1.81 bits per heavy atom. The molecule has 0 heterocycles. The van der Waals surface area contributed by atoms with Crippen molar-refractivity contribution in [1.29, 1.82) is 0 Å². The molecule has 0 radical (unpaired) electrons. The summed E-state index contributed by atoms with van der Waals surface area (Å²) in [6.45, 7) is 3.86. The summed E-state index contributed by atoms with van der Waals surface area (Å²) < 4.78 is 23.8. The Morgan fingerprint density at radius 3 is 2.31 bits per heavy atom. The molecule has 0 aliphatic heterocycles. The lowest BCUT2D eigenvalue weighted by Crippen LogP contribution is -2.20. The zero-order valence-electron chi connectivity index (χ0n) is 9.68. The highest BCUT2D eigenvalue weighted by Gasteiger charge is 2.24. The smallest absolute Gasteiger partial charge is 0.204 e. The fourth-order valence-corrected chi connectivity index (χ4v) is 2.73. The topological polar surface area (TPSA) is 54.4 Å². The molecule has 0 saturated carbocycles. The van der Waals surface area contributed by atoms with Gasteiger partial charge in [-0.1, -0.05) is 37.5 Å². The number of hydrogen-bond donors (Lipinski definition) is 1. The van der Waals surface area contributed by atoms with E-state index in [0.29, 0.717) is 12.8 Å². The quantitative estimate of drug-likeness (QED) is 0.861. The van der Waals surface area contributed by atoms with Gasteiger partial charge in [0.05, 0.1) is 4.90 Å². The number of aliphatic hydroxyl groups is 1. The van der Waals surface area contributed by atoms with Gasteiger partial charge in [-0.05, 0) is 25.5 Å². The number of rotatable bonds is 5. The van der Waals surface area contributed by atoms with Crippen molar-refractivity contribution in [1.82, 2.24) is 0 Å². The monoisotopic (exact) mass is 242 g/mol. The van der Waals surface area contributed by atoms with E-state index in [4.69, 9.17) is 0 Å². The molecule has 1 unspecified atom stereocenters. The van der Waals surface area contributed by atoms with E-state index < -0.39 is 15.3 Å². The number of unbranched alkanes of at least 4 members (excludes halogenated alkanes) is 1. The molecule has 1 atom stereocenters. The molecule has 1 N–H and O–H groups in total. The van der Waals surface area contributed by atoms with Gasteiger partial charge in [-0.2, -0.15) is 0 Å². The molecule has 4 heteroatoms. The minimum Gasteiger partial charge on any atom is -0.377 e. The maximum Gasteiger partial charge on any atom is 0.204 e. The Labute approximate surface area is 97.0 Å². The van der Waals surface area contributed by atoms with Crippen molar-refractivity contribution in [3.05, 3.63) is 29.8 Å². The largest absolute Gasteiger partial charge is 0.377 e. The fraction of sp³-hybridized carbons (Fsp3) is 0.500. The third-order valence-corrected chi connectivity index (χ3v) is 4.39. The summed E-state index contributed by atoms with van der Waals surface area (Å²) in [4.78, 5) is 0.196. The fourth-order valence-electron chi connectivity index (χ4n) is 1.42. The number of benzene rings is 1. The molecule has 0 aliphatic carbocycles. The summed E-state index contributed by atoms with van der Waals surface area (Å²) in [5.74, 6) is 0. The molecule has 1 aromatic rings. The molecule has 90 valence electrons. The first-order valence-electron chi connectivity index (χ1n) is 5.47. The molecule has 1 aromatic carbocycles. The van der Waals surface area contributed by atoms with Gasteiger partial charge >= 0.3 is 0 Å². The van der Waals surface area contributed by atoms with Crippen LogP contribution in [0, 0.1) is 6.92 Å². The van der Waals surface area contributed by atoms with Gasteiger partial charge in [-0.25, -0.2) is 8.42 Å². The van der Waals surface area contributed by atoms with Gasteiger partial charge in [-0.3, -0.25) is 0 Å². The van der Waals surface area contributed by atoms with Crippen molar-refractivity contribution in [3.63, 3.8) is 0 Å². The molecule has 0 aromatic heterocycles. The van der Waals surface area contributed by atoms with Crippen LogP contribution in [0.1, 0.15) is 31.7 Å². The van der Waals surface area contributed by atoms with Crippen LogP contribution >= 0.6 is 0 Å². The van der Waals surface area contributed by atoms with Gasteiger partial charge in [0.25, 0.3) is 0 Å². The zero-order chi connectivity index (χ0) is 12.2. The van der Waals surface area contributed by atoms with E-state index in [9.17, 15) is 13.5 Å². The summed E-state index contributed by atoms with van der Waals surface area (Å²) in [5.41, 5.74) is -0.280. The van der Waals surface area contributed by atoms with Crippen LogP contribution in [0.2, 0.25) is 0 Å². The number of hydrogen-bond acceptors (Lipinski definition) is 3. The first kappa shape index (κ1) is 13.2. The van der Waals surface area contributed by atoms with Crippen LogP contribution in [0.25, 0.3) is 0 Å². The normalized spacial score (nSPS) is 13.7. The highest BCUT2D eigenvalue weighted by atomic mass is 32.2. The molecule has 1 rings (SSSR count). The van der Waals surface area contributed by atoms with Crippen LogP contribution in [-0.4, -0.2) is 19.0 Å². The Kier molecular flexibility index (Phi) is 4.50. The van der Waals surface area contributed by atoms with Gasteiger partial charge in [0.1, 0.15) is 0 Å². The highest BCUT2D eigenvalue weighted by Crippen LogP contribution is 2.18. The molecular formula is C12H18O3S. The van der Waals surface area contributed by atoms with Gasteiger partial charge in [0.2, 0.25) is 9.84 Å². The van der Waals surface area contributed by atoms with Crippen LogP contribution in [0.3, 0.4) is 0 Å². The van der Waals surface area contributed by atoms with Crippen molar-refractivity contribution in [3.8, 4) is 0 Å². The third kappa shape index (κ3) is 3.06. The maximum atomic E-state index is 11.9.